The first kappa shape index (κ1) is 22.5. The number of carboxylic acid groups (broad SMARTS) is 1. The van der Waals surface area contributed by atoms with Crippen molar-refractivity contribution in [3.05, 3.63) is 0 Å². The molecule has 0 bridgehead atoms. The summed E-state index contributed by atoms with van der Waals surface area (Å²) in [5, 5.41) is 11.6. The Balaban J connectivity index is 4.50. The van der Waals surface area contributed by atoms with Crippen LogP contribution in [0.3, 0.4) is 0 Å². The smallest absolute Gasteiger partial charge is 0.408 e. The van der Waals surface area contributed by atoms with Gasteiger partial charge in [0.15, 0.2) is 5.17 Å². The quantitative estimate of drug-likeness (QED) is 0.339. The minimum Gasteiger partial charge on any atom is -0.480 e. The van der Waals surface area contributed by atoms with E-state index in [4.69, 9.17) is 9.84 Å². The highest BCUT2D eigenvalue weighted by Crippen LogP contribution is 2.08. The van der Waals surface area contributed by atoms with Gasteiger partial charge in [-0.1, -0.05) is 11.8 Å². The molecule has 24 heavy (non-hydrogen) atoms. The topological polar surface area (TPSA) is 134 Å². The Kier molecular flexibility index (Phi) is 9.12. The van der Waals surface area contributed by atoms with Gasteiger partial charge in [0, 0.05) is 6.54 Å². The molecule has 140 valence electrons. The van der Waals surface area contributed by atoms with Crippen LogP contribution >= 0.6 is 11.8 Å². The molecule has 0 aromatic heterocycles. The number of rotatable bonds is 7. The van der Waals surface area contributed by atoms with E-state index in [1.807, 2.05) is 0 Å². The molecule has 0 radical (unpaired) electrons. The molecule has 9 nitrogen and oxygen atoms in total. The summed E-state index contributed by atoms with van der Waals surface area (Å²) in [5.74, 6) is -1.18. The van der Waals surface area contributed by atoms with E-state index in [0.717, 1.165) is 18.0 Å². The number of nitrogens with one attached hydrogen (secondary N) is 2. The Morgan fingerprint density at radius 2 is 1.92 bits per heavy atom. The highest BCUT2D eigenvalue weighted by molar-refractivity contribution is 8.14. The van der Waals surface area contributed by atoms with Crippen LogP contribution in [0.1, 0.15) is 33.6 Å². The second-order valence-corrected chi connectivity index (χ2v) is 8.49. The van der Waals surface area contributed by atoms with E-state index >= 15 is 0 Å². The number of ether oxygens (including phenoxy) is 1. The van der Waals surface area contributed by atoms with Gasteiger partial charge in [0.25, 0.3) is 0 Å². The highest BCUT2D eigenvalue weighted by Gasteiger charge is 2.23. The van der Waals surface area contributed by atoms with Crippen molar-refractivity contribution in [2.24, 2.45) is 4.99 Å². The van der Waals surface area contributed by atoms with Gasteiger partial charge in [-0.25, -0.2) is 18.0 Å². The Labute approximate surface area is 146 Å². The SMILES string of the molecule is CSC(=NCCC[C@H](NC(=O)OC(C)(C)C)C(=O)O)NS(C)(=O)=O. The predicted octanol–water partition coefficient (Wildman–Crippen LogP) is 1.01. The number of aliphatic carboxylic acids is 1. The van der Waals surface area contributed by atoms with Crippen molar-refractivity contribution < 1.29 is 27.9 Å². The maximum atomic E-state index is 11.6. The van der Waals surface area contributed by atoms with E-state index in [0.29, 0.717) is 6.42 Å². The molecule has 0 aromatic carbocycles. The molecule has 0 aromatic rings. The highest BCUT2D eigenvalue weighted by atomic mass is 32.2. The van der Waals surface area contributed by atoms with Crippen LogP contribution in [0, 0.1) is 0 Å². The fourth-order valence-corrected chi connectivity index (χ4v) is 2.87. The van der Waals surface area contributed by atoms with Gasteiger partial charge in [-0.2, -0.15) is 0 Å². The number of carboxylic acids is 1. The fourth-order valence-electron chi connectivity index (χ4n) is 1.48. The maximum absolute atomic E-state index is 11.6. The van der Waals surface area contributed by atoms with Gasteiger partial charge in [-0.15, -0.1) is 0 Å². The van der Waals surface area contributed by atoms with Crippen molar-refractivity contribution in [2.45, 2.75) is 45.3 Å². The molecule has 3 N–H and O–H groups in total. The summed E-state index contributed by atoms with van der Waals surface area (Å²) in [4.78, 5) is 26.8. The van der Waals surface area contributed by atoms with Crippen LogP contribution in [0.4, 0.5) is 4.79 Å². The lowest BCUT2D eigenvalue weighted by Gasteiger charge is -2.21. The van der Waals surface area contributed by atoms with Crippen molar-refractivity contribution in [2.75, 3.05) is 19.1 Å². The fraction of sp³-hybridized carbons (Fsp3) is 0.769. The zero-order valence-corrected chi connectivity index (χ0v) is 16.1. The number of hydrogen-bond donors (Lipinski definition) is 3. The first-order valence-corrected chi connectivity index (χ1v) is 10.2. The van der Waals surface area contributed by atoms with Crippen molar-refractivity contribution >= 4 is 39.0 Å². The molecule has 0 fully saturated rings. The molecule has 0 aliphatic carbocycles. The van der Waals surface area contributed by atoms with Crippen LogP contribution in [-0.4, -0.2) is 61.5 Å². The van der Waals surface area contributed by atoms with Gasteiger partial charge in [0.05, 0.1) is 6.26 Å². The number of alkyl carbamates (subject to hydrolysis) is 1. The van der Waals surface area contributed by atoms with Crippen LogP contribution < -0.4 is 10.0 Å². The number of sulfonamides is 1. The third-order valence-electron chi connectivity index (χ3n) is 2.36. The van der Waals surface area contributed by atoms with Gasteiger partial charge in [-0.05, 0) is 39.9 Å². The minimum absolute atomic E-state index is 0.138. The Bertz CT molecular complexity index is 569. The van der Waals surface area contributed by atoms with Gasteiger partial charge in [0.1, 0.15) is 11.6 Å². The molecule has 0 saturated carbocycles. The lowest BCUT2D eigenvalue weighted by molar-refractivity contribution is -0.139. The van der Waals surface area contributed by atoms with Gasteiger partial charge in [0.2, 0.25) is 10.0 Å². The molecule has 0 unspecified atom stereocenters. The van der Waals surface area contributed by atoms with Gasteiger partial charge < -0.3 is 15.2 Å². The molecule has 0 spiro atoms. The standard InChI is InChI=1S/C13H25N3O6S2/c1-13(2,3)22-12(19)15-9(10(17)18)7-6-8-14-11(23-4)16-24(5,20)21/h9H,6-8H2,1-5H3,(H,14,16)(H,15,19)(H,17,18)/t9-/m0/s1. The van der Waals surface area contributed by atoms with Crippen molar-refractivity contribution in [1.82, 2.24) is 10.0 Å². The number of thioether (sulfide) groups is 1. The predicted molar refractivity (Wildman–Crippen MR) is 93.8 cm³/mol. The number of amidine groups is 1. The molecule has 0 heterocycles. The second-order valence-electron chi connectivity index (χ2n) is 5.94. The molecule has 0 aliphatic heterocycles. The van der Waals surface area contributed by atoms with Crippen LogP contribution in [0.5, 0.6) is 0 Å². The summed E-state index contributed by atoms with van der Waals surface area (Å²) in [6.45, 7) is 5.25. The van der Waals surface area contributed by atoms with E-state index in [9.17, 15) is 18.0 Å². The molecule has 11 heteroatoms. The number of carbonyl (C=O) groups is 2. The number of aliphatic imine (C=N–C) groups is 1. The lowest BCUT2D eigenvalue weighted by atomic mass is 10.1. The van der Waals surface area contributed by atoms with E-state index in [2.05, 4.69) is 15.0 Å². The summed E-state index contributed by atoms with van der Waals surface area (Å²) in [5.41, 5.74) is -0.720. The van der Waals surface area contributed by atoms with Crippen LogP contribution in [-0.2, 0) is 19.6 Å². The summed E-state index contributed by atoms with van der Waals surface area (Å²) in [7, 11) is -3.40. The number of amides is 1. The first-order chi connectivity index (χ1) is 10.8. The summed E-state index contributed by atoms with van der Waals surface area (Å²) in [6, 6.07) is -1.10. The Hall–Kier alpha value is -1.49. The third kappa shape index (κ3) is 12.0. The van der Waals surface area contributed by atoms with Crippen molar-refractivity contribution in [3.63, 3.8) is 0 Å². The molecule has 0 rings (SSSR count). The van der Waals surface area contributed by atoms with Crippen molar-refractivity contribution in [3.8, 4) is 0 Å². The van der Waals surface area contributed by atoms with E-state index in [1.165, 1.54) is 0 Å². The van der Waals surface area contributed by atoms with E-state index < -0.39 is 33.7 Å². The van der Waals surface area contributed by atoms with Crippen LogP contribution in [0.25, 0.3) is 0 Å². The molecular weight excluding hydrogens is 358 g/mol. The summed E-state index contributed by atoms with van der Waals surface area (Å²) < 4.78 is 29.5. The lowest BCUT2D eigenvalue weighted by Crippen LogP contribution is -2.43. The average molecular weight is 383 g/mol. The van der Waals surface area contributed by atoms with Crippen LogP contribution in [0.2, 0.25) is 0 Å². The molecule has 0 saturated heterocycles. The minimum atomic E-state index is -3.40. The number of carbonyl (C=O) groups excluding carboxylic acids is 1. The average Bonchev–Trinajstić information content (AvgIpc) is 2.36. The van der Waals surface area contributed by atoms with E-state index in [-0.39, 0.29) is 18.1 Å². The van der Waals surface area contributed by atoms with Crippen LogP contribution in [0.15, 0.2) is 4.99 Å². The molecule has 1 amide bonds. The monoisotopic (exact) mass is 383 g/mol. The number of nitrogens with zero attached hydrogens (tertiary/aromatic N) is 1. The Morgan fingerprint density at radius 1 is 1.33 bits per heavy atom. The zero-order chi connectivity index (χ0) is 19.0. The molecule has 1 atom stereocenters. The summed E-state index contributed by atoms with van der Waals surface area (Å²) >= 11 is 1.13. The van der Waals surface area contributed by atoms with Crippen molar-refractivity contribution in [1.29, 1.82) is 0 Å². The largest absolute Gasteiger partial charge is 0.480 e. The third-order valence-corrected chi connectivity index (χ3v) is 3.67. The number of hydrogen-bond acceptors (Lipinski definition) is 7. The first-order valence-electron chi connectivity index (χ1n) is 7.12. The second kappa shape index (κ2) is 9.72. The maximum Gasteiger partial charge on any atom is 0.408 e. The van der Waals surface area contributed by atoms with Gasteiger partial charge in [-0.3, -0.25) is 9.71 Å². The molecular formula is C13H25N3O6S2. The van der Waals surface area contributed by atoms with E-state index in [1.54, 1.807) is 27.0 Å². The zero-order valence-electron chi connectivity index (χ0n) is 14.5. The van der Waals surface area contributed by atoms with Gasteiger partial charge >= 0.3 is 12.1 Å². The Morgan fingerprint density at radius 3 is 2.33 bits per heavy atom. The molecule has 0 aliphatic rings. The normalized spacial score (nSPS) is 14.0. The summed E-state index contributed by atoms with van der Waals surface area (Å²) in [6.07, 6.45) is 2.37.